The molecule has 0 heterocycles. The van der Waals surface area contributed by atoms with E-state index in [-0.39, 0.29) is 6.10 Å². The minimum atomic E-state index is -0.707. The summed E-state index contributed by atoms with van der Waals surface area (Å²) in [6.07, 6.45) is 17.3. The van der Waals surface area contributed by atoms with Crippen molar-refractivity contribution in [1.82, 2.24) is 0 Å². The molecule has 3 saturated carbocycles. The van der Waals surface area contributed by atoms with Crippen LogP contribution in [-0.4, -0.2) is 21.9 Å². The van der Waals surface area contributed by atoms with Crippen LogP contribution >= 0.6 is 0 Å². The van der Waals surface area contributed by atoms with Gasteiger partial charge < -0.3 is 10.2 Å². The topological polar surface area (TPSA) is 40.5 Å². The van der Waals surface area contributed by atoms with Crippen LogP contribution in [0.25, 0.3) is 0 Å². The molecular weight excluding hydrogens is 344 g/mol. The summed E-state index contributed by atoms with van der Waals surface area (Å²) in [4.78, 5) is 0. The van der Waals surface area contributed by atoms with Crippen molar-refractivity contribution < 1.29 is 10.2 Å². The Labute approximate surface area is 172 Å². The van der Waals surface area contributed by atoms with E-state index in [1.54, 1.807) is 11.6 Å². The molecular formula is C26H42O2. The van der Waals surface area contributed by atoms with Gasteiger partial charge in [0.2, 0.25) is 0 Å². The second-order valence-electron chi connectivity index (χ2n) is 11.4. The SMILES string of the molecule is C=C[C@](C)(O)CCC[C@H]1CCC2[C@@H]3CC=C4C[C@@H](O)CCC4(C)C3CC[C@@]21C. The average molecular weight is 387 g/mol. The lowest BCUT2D eigenvalue weighted by atomic mass is 9.47. The fraction of sp³-hybridized carbons (Fsp3) is 0.846. The molecule has 0 aliphatic heterocycles. The molecule has 2 nitrogen and oxygen atoms in total. The largest absolute Gasteiger partial charge is 0.393 e. The van der Waals surface area contributed by atoms with Crippen LogP contribution < -0.4 is 0 Å². The van der Waals surface area contributed by atoms with Gasteiger partial charge in [0.05, 0.1) is 11.7 Å². The normalized spacial score (nSPS) is 47.3. The molecule has 0 aromatic carbocycles. The Morgan fingerprint density at radius 1 is 1.18 bits per heavy atom. The minimum Gasteiger partial charge on any atom is -0.393 e. The number of rotatable bonds is 5. The first-order valence-corrected chi connectivity index (χ1v) is 11.9. The Balaban J connectivity index is 1.47. The van der Waals surface area contributed by atoms with Gasteiger partial charge in [0.15, 0.2) is 0 Å². The van der Waals surface area contributed by atoms with E-state index in [0.717, 1.165) is 49.4 Å². The fourth-order valence-electron chi connectivity index (χ4n) is 8.03. The van der Waals surface area contributed by atoms with E-state index >= 15 is 0 Å². The summed E-state index contributed by atoms with van der Waals surface area (Å²) in [6, 6.07) is 0. The molecule has 3 unspecified atom stereocenters. The maximum atomic E-state index is 10.3. The Bertz CT molecular complexity index is 634. The maximum Gasteiger partial charge on any atom is 0.0797 e. The third-order valence-corrected chi connectivity index (χ3v) is 9.95. The van der Waals surface area contributed by atoms with Crippen molar-refractivity contribution in [3.63, 3.8) is 0 Å². The molecule has 158 valence electrons. The monoisotopic (exact) mass is 386 g/mol. The van der Waals surface area contributed by atoms with Gasteiger partial charge in [-0.25, -0.2) is 0 Å². The number of hydrogen-bond donors (Lipinski definition) is 2. The van der Waals surface area contributed by atoms with Crippen LogP contribution in [0.15, 0.2) is 24.3 Å². The number of hydrogen-bond acceptors (Lipinski definition) is 2. The Morgan fingerprint density at radius 2 is 1.96 bits per heavy atom. The van der Waals surface area contributed by atoms with Crippen LogP contribution in [0.2, 0.25) is 0 Å². The van der Waals surface area contributed by atoms with Crippen LogP contribution in [0.3, 0.4) is 0 Å². The third-order valence-electron chi connectivity index (χ3n) is 9.95. The molecule has 8 atom stereocenters. The predicted molar refractivity (Wildman–Crippen MR) is 116 cm³/mol. The summed E-state index contributed by atoms with van der Waals surface area (Å²) in [5.41, 5.74) is 1.72. The van der Waals surface area contributed by atoms with Crippen LogP contribution in [0.5, 0.6) is 0 Å². The van der Waals surface area contributed by atoms with Crippen molar-refractivity contribution in [2.75, 3.05) is 0 Å². The van der Waals surface area contributed by atoms with Crippen molar-refractivity contribution in [2.45, 2.75) is 103 Å². The van der Waals surface area contributed by atoms with Gasteiger partial charge in [-0.05, 0) is 112 Å². The second-order valence-corrected chi connectivity index (χ2v) is 11.4. The van der Waals surface area contributed by atoms with E-state index in [1.807, 2.05) is 6.92 Å². The molecule has 3 fully saturated rings. The molecule has 0 saturated heterocycles. The summed E-state index contributed by atoms with van der Waals surface area (Å²) in [7, 11) is 0. The van der Waals surface area contributed by atoms with Crippen molar-refractivity contribution in [2.24, 2.45) is 34.5 Å². The average Bonchev–Trinajstić information content (AvgIpc) is 2.99. The molecule has 4 aliphatic rings. The standard InChI is InChI=1S/C26H42O2/c1-5-24(2,28)14-6-7-18-9-11-22-21-10-8-19-17-20(27)12-15-26(19,4)23(21)13-16-25(18,22)3/h5,8,18,20-23,27-28H,1,6-7,9-17H2,2-4H3/t18-,20-,21-,22?,23?,24-,25+,26?/m0/s1. The zero-order chi connectivity index (χ0) is 20.2. The molecule has 0 aromatic heterocycles. The van der Waals surface area contributed by atoms with E-state index in [4.69, 9.17) is 0 Å². The first-order chi connectivity index (χ1) is 13.2. The highest BCUT2D eigenvalue weighted by Crippen LogP contribution is 2.66. The fourth-order valence-corrected chi connectivity index (χ4v) is 8.03. The third kappa shape index (κ3) is 3.33. The first kappa shape index (κ1) is 20.7. The quantitative estimate of drug-likeness (QED) is 0.566. The molecule has 2 N–H and O–H groups in total. The summed E-state index contributed by atoms with van der Waals surface area (Å²) < 4.78 is 0. The second kappa shape index (κ2) is 7.27. The Kier molecular flexibility index (Phi) is 5.37. The van der Waals surface area contributed by atoms with Gasteiger partial charge in [-0.1, -0.05) is 31.6 Å². The lowest BCUT2D eigenvalue weighted by molar-refractivity contribution is -0.0513. The Hall–Kier alpha value is -0.600. The molecule has 0 radical (unpaired) electrons. The Morgan fingerprint density at radius 3 is 2.71 bits per heavy atom. The molecule has 0 bridgehead atoms. The zero-order valence-corrected chi connectivity index (χ0v) is 18.4. The van der Waals surface area contributed by atoms with Gasteiger partial charge >= 0.3 is 0 Å². The number of aliphatic hydroxyl groups is 2. The number of allylic oxidation sites excluding steroid dienone is 1. The lowest BCUT2D eigenvalue weighted by Gasteiger charge is -2.58. The maximum absolute atomic E-state index is 10.3. The van der Waals surface area contributed by atoms with Crippen LogP contribution in [-0.2, 0) is 0 Å². The molecule has 4 aliphatic carbocycles. The minimum absolute atomic E-state index is 0.103. The summed E-state index contributed by atoms with van der Waals surface area (Å²) in [6.45, 7) is 10.8. The number of fused-ring (bicyclic) bond motifs is 5. The van der Waals surface area contributed by atoms with Crippen molar-refractivity contribution in [1.29, 1.82) is 0 Å². The number of aliphatic hydroxyl groups excluding tert-OH is 1. The van der Waals surface area contributed by atoms with Gasteiger partial charge in [-0.2, -0.15) is 0 Å². The van der Waals surface area contributed by atoms with Crippen LogP contribution in [0, 0.1) is 34.5 Å². The molecule has 0 amide bonds. The molecule has 0 spiro atoms. The van der Waals surface area contributed by atoms with E-state index in [0.29, 0.717) is 10.8 Å². The molecule has 4 rings (SSSR count). The summed E-state index contributed by atoms with van der Waals surface area (Å²) in [5.74, 6) is 3.38. The van der Waals surface area contributed by atoms with Gasteiger partial charge in [0.1, 0.15) is 0 Å². The van der Waals surface area contributed by atoms with Crippen LogP contribution in [0.4, 0.5) is 0 Å². The van der Waals surface area contributed by atoms with Gasteiger partial charge in [-0.15, -0.1) is 6.58 Å². The highest BCUT2D eigenvalue weighted by Gasteiger charge is 2.58. The highest BCUT2D eigenvalue weighted by molar-refractivity contribution is 5.25. The first-order valence-electron chi connectivity index (χ1n) is 11.9. The van der Waals surface area contributed by atoms with Crippen molar-refractivity contribution in [3.05, 3.63) is 24.3 Å². The highest BCUT2D eigenvalue weighted by atomic mass is 16.3. The van der Waals surface area contributed by atoms with Crippen LogP contribution in [0.1, 0.15) is 91.4 Å². The van der Waals surface area contributed by atoms with Gasteiger partial charge in [0, 0.05) is 0 Å². The summed E-state index contributed by atoms with van der Waals surface area (Å²) >= 11 is 0. The lowest BCUT2D eigenvalue weighted by Crippen LogP contribution is -2.50. The van der Waals surface area contributed by atoms with Gasteiger partial charge in [0.25, 0.3) is 0 Å². The van der Waals surface area contributed by atoms with E-state index < -0.39 is 5.60 Å². The van der Waals surface area contributed by atoms with Crippen molar-refractivity contribution >= 4 is 0 Å². The predicted octanol–water partition coefficient (Wildman–Crippen LogP) is 6.03. The molecule has 28 heavy (non-hydrogen) atoms. The molecule has 2 heteroatoms. The summed E-state index contributed by atoms with van der Waals surface area (Å²) in [5, 5.41) is 20.4. The van der Waals surface area contributed by atoms with Gasteiger partial charge in [-0.3, -0.25) is 0 Å². The smallest absolute Gasteiger partial charge is 0.0797 e. The van der Waals surface area contributed by atoms with E-state index in [1.165, 1.54) is 44.9 Å². The van der Waals surface area contributed by atoms with E-state index in [2.05, 4.69) is 26.5 Å². The molecule has 0 aromatic rings. The zero-order valence-electron chi connectivity index (χ0n) is 18.4. The van der Waals surface area contributed by atoms with Crippen molar-refractivity contribution in [3.8, 4) is 0 Å². The van der Waals surface area contributed by atoms with E-state index in [9.17, 15) is 10.2 Å².